The largest absolute Gasteiger partial charge is 0.429 e. The van der Waals surface area contributed by atoms with Gasteiger partial charge in [-0.2, -0.15) is 26.3 Å². The van der Waals surface area contributed by atoms with Gasteiger partial charge in [0.25, 0.3) is 5.60 Å². The molecule has 37 heavy (non-hydrogen) atoms. The maximum Gasteiger partial charge on any atom is 0.429 e. The van der Waals surface area contributed by atoms with E-state index in [1.807, 2.05) is 6.92 Å². The molecule has 0 aliphatic heterocycles. The van der Waals surface area contributed by atoms with E-state index in [2.05, 4.69) is 0 Å². The molecule has 0 saturated heterocycles. The first-order chi connectivity index (χ1) is 19.0. The predicted molar refractivity (Wildman–Crippen MR) is 134 cm³/mol. The van der Waals surface area contributed by atoms with Crippen molar-refractivity contribution >= 4 is 14.1 Å². The van der Waals surface area contributed by atoms with Gasteiger partial charge >= 0.3 is 12.4 Å². The lowest BCUT2D eigenvalue weighted by Gasteiger charge is -2.48. The van der Waals surface area contributed by atoms with Gasteiger partial charge in [0.1, 0.15) is 5.78 Å². The highest BCUT2D eigenvalue weighted by atomic mass is 28.4. The van der Waals surface area contributed by atoms with Crippen molar-refractivity contribution in [1.82, 2.24) is 0 Å². The second-order valence-corrected chi connectivity index (χ2v) is 16.9. The molecule has 0 aromatic rings. The molecule has 216 valence electrons. The third-order valence-electron chi connectivity index (χ3n) is 8.24. The van der Waals surface area contributed by atoms with Gasteiger partial charge in [-0.05, 0) is 101 Å². The number of carbonyl (C=O) groups is 1. The van der Waals surface area contributed by atoms with E-state index >= 15 is 0 Å². The lowest BCUT2D eigenvalue weighted by molar-refractivity contribution is -0.340. The molecule has 0 radical (unpaired) electrons. The molecule has 0 bridgehead atoms. The molecule has 3 nitrogen and oxygen atoms in total. The lowest BCUT2D eigenvalue weighted by Crippen LogP contribution is -2.61. The Balaban J connectivity index is 2.57. The van der Waals surface area contributed by atoms with Crippen molar-refractivity contribution in [1.29, 1.82) is 0 Å². The minimum atomic E-state index is -5.82. The van der Waals surface area contributed by atoms with Crippen molar-refractivity contribution < 1.29 is 48.9 Å². The van der Waals surface area contributed by atoms with E-state index in [1.165, 1.54) is 19.6 Å². The van der Waals surface area contributed by atoms with Crippen molar-refractivity contribution in [2.45, 2.75) is 129 Å². The Morgan fingerprint density at radius 1 is 1.11 bits per heavy atom. The summed E-state index contributed by atoms with van der Waals surface area (Å²) in [6.45, 7) is 0.666. The highest BCUT2D eigenvalue weighted by Crippen LogP contribution is 2.62. The molecule has 2 aliphatic rings. The van der Waals surface area contributed by atoms with Gasteiger partial charge in [0.2, 0.25) is 0 Å². The van der Waals surface area contributed by atoms with E-state index in [9.17, 15) is 36.2 Å². The van der Waals surface area contributed by atoms with Crippen LogP contribution < -0.4 is 0 Å². The second-order valence-electron chi connectivity index (χ2n) is 12.4. The fourth-order valence-electron chi connectivity index (χ4n) is 6.72. The van der Waals surface area contributed by atoms with Crippen LogP contribution in [0.1, 0.15) is 93.6 Å². The van der Waals surface area contributed by atoms with Crippen LogP contribution in [0, 0.1) is 22.7 Å². The van der Waals surface area contributed by atoms with Gasteiger partial charge in [-0.15, -0.1) is 0 Å². The molecule has 1 unspecified atom stereocenters. The van der Waals surface area contributed by atoms with Crippen LogP contribution in [0.4, 0.5) is 26.3 Å². The third kappa shape index (κ3) is 7.21. The Kier molecular flexibility index (Phi) is 6.87. The molecule has 0 aromatic carbocycles. The van der Waals surface area contributed by atoms with E-state index in [-0.39, 0.29) is 43.0 Å². The normalized spacial score (nSPS) is 31.1. The van der Waals surface area contributed by atoms with Gasteiger partial charge in [-0.25, -0.2) is 0 Å². The zero-order chi connectivity index (χ0) is 33.7. The number of rotatable bonds is 10. The van der Waals surface area contributed by atoms with Crippen LogP contribution in [0.2, 0.25) is 19.6 Å². The van der Waals surface area contributed by atoms with E-state index in [0.717, 1.165) is 6.08 Å². The summed E-state index contributed by atoms with van der Waals surface area (Å²) in [5.74, 6) is -0.613. The lowest BCUT2D eigenvalue weighted by atomic mass is 9.56. The summed E-state index contributed by atoms with van der Waals surface area (Å²) < 4.78 is 136. The molecule has 1 N–H and O–H groups in total. The van der Waals surface area contributed by atoms with Gasteiger partial charge < -0.3 is 9.53 Å². The van der Waals surface area contributed by atoms with E-state index in [4.69, 9.17) is 12.7 Å². The Morgan fingerprint density at radius 2 is 1.70 bits per heavy atom. The first kappa shape index (κ1) is 24.0. The molecule has 10 heteroatoms. The summed E-state index contributed by atoms with van der Waals surface area (Å²) in [6, 6.07) is 0. The molecule has 2 rings (SSSR count). The Bertz CT molecular complexity index is 1010. The average Bonchev–Trinajstić information content (AvgIpc) is 3.13. The third-order valence-corrected chi connectivity index (χ3v) is 9.17. The zero-order valence-corrected chi connectivity index (χ0v) is 23.2. The quantitative estimate of drug-likeness (QED) is 0.165. The molecule has 2 aliphatic carbocycles. The molecule has 2 saturated carbocycles. The molecule has 0 amide bonds. The van der Waals surface area contributed by atoms with Crippen molar-refractivity contribution in [3.63, 3.8) is 0 Å². The van der Waals surface area contributed by atoms with Crippen LogP contribution in [0.3, 0.4) is 0 Å². The van der Waals surface area contributed by atoms with Gasteiger partial charge in [-0.3, -0.25) is 4.79 Å². The molecule has 4 atom stereocenters. The van der Waals surface area contributed by atoms with Crippen LogP contribution in [0.15, 0.2) is 12.2 Å². The van der Waals surface area contributed by atoms with Gasteiger partial charge in [0, 0.05) is 20.6 Å². The number of halogens is 6. The van der Waals surface area contributed by atoms with Gasteiger partial charge in [0.05, 0.1) is 5.60 Å². The topological polar surface area (TPSA) is 46.5 Å². The monoisotopic (exact) mass is 564 g/mol. The van der Waals surface area contributed by atoms with E-state index in [0.29, 0.717) is 32.1 Å². The van der Waals surface area contributed by atoms with Crippen molar-refractivity contribution in [3.05, 3.63) is 12.2 Å². The average molecular weight is 565 g/mol. The molecular formula is C27H44F6O3Si. The molecule has 0 heterocycles. The standard InChI is InChI=1S/C27H44F6O3Si/c1-22(2,35)14-9-15-23(3,21-13-12-19-20(34)11-8-17-24(19,21)4)16-10-18-25(26(28,29)30,27(31,32)33)36-37(5,6)7/h10,18-19,21,35H,8-9,11-17H2,1-7H3/t19?,21-,23-,24+/m1/s1/i1D3,2D3. The number of alkyl halides is 6. The van der Waals surface area contributed by atoms with Gasteiger partial charge in [0.15, 0.2) is 8.32 Å². The summed E-state index contributed by atoms with van der Waals surface area (Å²) in [6.07, 6.45) is -9.45. The number of Topliss-reactive ketones (excluding diaryl/α,β-unsaturated/α-hetero) is 1. The number of hydrogen-bond donors (Lipinski definition) is 1. The van der Waals surface area contributed by atoms with E-state index < -0.39 is 62.8 Å². The highest BCUT2D eigenvalue weighted by molar-refractivity contribution is 6.69. The van der Waals surface area contributed by atoms with Crippen molar-refractivity contribution in [2.24, 2.45) is 22.7 Å². The van der Waals surface area contributed by atoms with Crippen molar-refractivity contribution in [2.75, 3.05) is 0 Å². The molecular weight excluding hydrogens is 514 g/mol. The Morgan fingerprint density at radius 3 is 2.22 bits per heavy atom. The van der Waals surface area contributed by atoms with Crippen LogP contribution in [-0.2, 0) is 9.22 Å². The van der Waals surface area contributed by atoms with Crippen LogP contribution in [0.25, 0.3) is 0 Å². The summed E-state index contributed by atoms with van der Waals surface area (Å²) in [7, 11) is -3.42. The minimum absolute atomic E-state index is 0.00705. The first-order valence-electron chi connectivity index (χ1n) is 15.7. The van der Waals surface area contributed by atoms with E-state index in [1.54, 1.807) is 6.92 Å². The predicted octanol–water partition coefficient (Wildman–Crippen LogP) is 8.38. The van der Waals surface area contributed by atoms with Gasteiger partial charge in [-0.1, -0.05) is 26.3 Å². The SMILES string of the molecule is [2H]C([2H])([2H])C(O)(CCC[C@](C)(CC=CC(O[Si](C)(C)C)(C(F)(F)F)C(F)(F)F)[C@H]1CCC2C(=O)CCC[C@@]21C)C([2H])([2H])[2H]. The summed E-state index contributed by atoms with van der Waals surface area (Å²) in [5.41, 5.74) is -9.27. The number of fused-ring (bicyclic) bond motifs is 1. The smallest absolute Gasteiger partial charge is 0.394 e. The maximum atomic E-state index is 14.2. The Hall–Kier alpha value is -0.873. The summed E-state index contributed by atoms with van der Waals surface area (Å²) in [4.78, 5) is 12.8. The number of ketones is 1. The highest BCUT2D eigenvalue weighted by Gasteiger charge is 2.71. The molecule has 0 aromatic heterocycles. The second kappa shape index (κ2) is 10.6. The number of allylic oxidation sites excluding steroid dienone is 1. The fourth-order valence-corrected chi connectivity index (χ4v) is 7.98. The van der Waals surface area contributed by atoms with Crippen LogP contribution >= 0.6 is 0 Å². The number of carbonyl (C=O) groups excluding carboxylic acids is 1. The summed E-state index contributed by atoms with van der Waals surface area (Å²) >= 11 is 0. The number of hydrogen-bond acceptors (Lipinski definition) is 3. The van der Waals surface area contributed by atoms with Crippen LogP contribution in [0.5, 0.6) is 0 Å². The maximum absolute atomic E-state index is 14.2. The zero-order valence-electron chi connectivity index (χ0n) is 28.2. The fraction of sp³-hybridized carbons (Fsp3) is 0.889. The minimum Gasteiger partial charge on any atom is -0.394 e. The first-order valence-corrected chi connectivity index (χ1v) is 16.1. The van der Waals surface area contributed by atoms with Crippen LogP contribution in [-0.4, -0.2) is 42.8 Å². The number of aliphatic hydroxyl groups is 1. The van der Waals surface area contributed by atoms with Crippen molar-refractivity contribution in [3.8, 4) is 0 Å². The molecule has 2 fully saturated rings. The summed E-state index contributed by atoms with van der Waals surface area (Å²) in [5, 5.41) is 10.7. The molecule has 0 spiro atoms. The Labute approximate surface area is 227 Å².